The summed E-state index contributed by atoms with van der Waals surface area (Å²) in [7, 11) is 0. The highest BCUT2D eigenvalue weighted by Gasteiger charge is 2.21. The lowest BCUT2D eigenvalue weighted by atomic mass is 10.1. The van der Waals surface area contributed by atoms with Crippen LogP contribution >= 0.6 is 0 Å². The molecule has 0 bridgehead atoms. The maximum absolute atomic E-state index is 6.15. The molecule has 0 radical (unpaired) electrons. The fraction of sp³-hybridized carbons (Fsp3) is 0. The van der Waals surface area contributed by atoms with Crippen molar-refractivity contribution in [2.24, 2.45) is 0 Å². The van der Waals surface area contributed by atoms with Crippen LogP contribution in [0.4, 0.5) is 0 Å². The number of furan rings is 1. The Labute approximate surface area is 210 Å². The SMILES string of the molecule is c1ccc2c(c1)nc1c3ccccc3c3c4ccccc4n(-c4ccc5oc6ccccc6c5c4)c3n21. The van der Waals surface area contributed by atoms with Gasteiger partial charge in [-0.15, -0.1) is 0 Å². The maximum Gasteiger partial charge on any atom is 0.147 e. The molecule has 0 aliphatic heterocycles. The minimum absolute atomic E-state index is 0.898. The minimum atomic E-state index is 0.898. The van der Waals surface area contributed by atoms with E-state index in [1.165, 1.54) is 21.7 Å². The van der Waals surface area contributed by atoms with Gasteiger partial charge in [0.15, 0.2) is 0 Å². The number of imidazole rings is 1. The molecule has 37 heavy (non-hydrogen) atoms. The Bertz CT molecular complexity index is 2370. The van der Waals surface area contributed by atoms with E-state index in [2.05, 4.69) is 112 Å². The summed E-state index contributed by atoms with van der Waals surface area (Å²) < 4.78 is 10.9. The van der Waals surface area contributed by atoms with E-state index in [0.717, 1.165) is 55.3 Å². The monoisotopic (exact) mass is 473 g/mol. The molecule has 0 atom stereocenters. The van der Waals surface area contributed by atoms with Gasteiger partial charge in [0.25, 0.3) is 0 Å². The molecule has 0 spiro atoms. The molecule has 4 nitrogen and oxygen atoms in total. The molecule has 0 fully saturated rings. The lowest BCUT2D eigenvalue weighted by Gasteiger charge is -2.11. The summed E-state index contributed by atoms with van der Waals surface area (Å²) in [5.41, 5.74) is 8.26. The Morgan fingerprint density at radius 2 is 1.22 bits per heavy atom. The van der Waals surface area contributed by atoms with Crippen molar-refractivity contribution in [3.8, 4) is 5.69 Å². The normalized spacial score (nSPS) is 12.3. The molecule has 0 saturated heterocycles. The number of hydrogen-bond acceptors (Lipinski definition) is 2. The van der Waals surface area contributed by atoms with Gasteiger partial charge < -0.3 is 4.42 Å². The van der Waals surface area contributed by atoms with Gasteiger partial charge in [-0.05, 0) is 47.9 Å². The van der Waals surface area contributed by atoms with Crippen molar-refractivity contribution >= 4 is 71.3 Å². The third kappa shape index (κ3) is 2.39. The number of para-hydroxylation sites is 4. The molecule has 4 heterocycles. The second kappa shape index (κ2) is 6.77. The number of rotatable bonds is 1. The first-order valence-electron chi connectivity index (χ1n) is 12.5. The molecule has 0 aliphatic carbocycles. The zero-order valence-electron chi connectivity index (χ0n) is 19.7. The van der Waals surface area contributed by atoms with Crippen molar-refractivity contribution in [3.63, 3.8) is 0 Å². The molecular formula is C33H19N3O. The summed E-state index contributed by atoms with van der Waals surface area (Å²) in [5, 5.41) is 7.08. The van der Waals surface area contributed by atoms with Crippen LogP contribution in [0.25, 0.3) is 77.0 Å². The van der Waals surface area contributed by atoms with Crippen LogP contribution in [0.15, 0.2) is 120 Å². The molecule has 0 saturated carbocycles. The summed E-state index contributed by atoms with van der Waals surface area (Å²) >= 11 is 0. The molecule has 9 aromatic rings. The van der Waals surface area contributed by atoms with Gasteiger partial charge in [-0.25, -0.2) is 4.98 Å². The number of benzene rings is 5. The van der Waals surface area contributed by atoms with Gasteiger partial charge in [0.2, 0.25) is 0 Å². The molecule has 0 amide bonds. The lowest BCUT2D eigenvalue weighted by Crippen LogP contribution is -1.99. The molecule has 172 valence electrons. The summed E-state index contributed by atoms with van der Waals surface area (Å²) in [6, 6.07) is 40.5. The molecule has 0 N–H and O–H groups in total. The van der Waals surface area contributed by atoms with Crippen molar-refractivity contribution < 1.29 is 4.42 Å². The van der Waals surface area contributed by atoms with Gasteiger partial charge in [0.1, 0.15) is 22.5 Å². The van der Waals surface area contributed by atoms with Crippen molar-refractivity contribution in [1.82, 2.24) is 14.0 Å². The standard InChI is InChI=1S/C33H19N3O/c1-2-11-23-22(10-1)31-24-12-3-6-14-27(24)35(33(31)36-28-15-7-5-13-26(28)34-32(23)36)20-17-18-30-25(19-20)21-9-4-8-16-29(21)37-30/h1-19H. The van der Waals surface area contributed by atoms with Crippen molar-refractivity contribution in [3.05, 3.63) is 115 Å². The molecule has 5 aromatic carbocycles. The predicted molar refractivity (Wildman–Crippen MR) is 152 cm³/mol. The van der Waals surface area contributed by atoms with Crippen LogP contribution in [-0.4, -0.2) is 14.0 Å². The highest BCUT2D eigenvalue weighted by atomic mass is 16.3. The van der Waals surface area contributed by atoms with E-state index in [-0.39, 0.29) is 0 Å². The van der Waals surface area contributed by atoms with Gasteiger partial charge >= 0.3 is 0 Å². The van der Waals surface area contributed by atoms with E-state index < -0.39 is 0 Å². The Hall–Kier alpha value is -5.09. The number of aromatic nitrogens is 3. The van der Waals surface area contributed by atoms with Gasteiger partial charge in [-0.1, -0.05) is 72.8 Å². The fourth-order valence-corrected chi connectivity index (χ4v) is 6.14. The second-order valence-electron chi connectivity index (χ2n) is 9.63. The quantitative estimate of drug-likeness (QED) is 0.239. The Balaban J connectivity index is 1.57. The average Bonchev–Trinajstić information content (AvgIpc) is 3.62. The van der Waals surface area contributed by atoms with Gasteiger partial charge in [-0.3, -0.25) is 8.97 Å². The third-order valence-electron chi connectivity index (χ3n) is 7.68. The molecule has 4 heteroatoms. The first-order valence-corrected chi connectivity index (χ1v) is 12.5. The molecule has 0 unspecified atom stereocenters. The molecule has 9 rings (SSSR count). The maximum atomic E-state index is 6.15. The number of nitrogens with zero attached hydrogens (tertiary/aromatic N) is 3. The zero-order chi connectivity index (χ0) is 24.1. The van der Waals surface area contributed by atoms with Crippen LogP contribution in [-0.2, 0) is 0 Å². The Kier molecular flexibility index (Phi) is 3.50. The largest absolute Gasteiger partial charge is 0.456 e. The molecular weight excluding hydrogens is 454 g/mol. The minimum Gasteiger partial charge on any atom is -0.456 e. The Morgan fingerprint density at radius 1 is 0.541 bits per heavy atom. The lowest BCUT2D eigenvalue weighted by molar-refractivity contribution is 0.669. The summed E-state index contributed by atoms with van der Waals surface area (Å²) in [6.45, 7) is 0. The zero-order valence-corrected chi connectivity index (χ0v) is 19.7. The van der Waals surface area contributed by atoms with E-state index in [9.17, 15) is 0 Å². The fourth-order valence-electron chi connectivity index (χ4n) is 6.14. The van der Waals surface area contributed by atoms with Crippen molar-refractivity contribution in [1.29, 1.82) is 0 Å². The smallest absolute Gasteiger partial charge is 0.147 e. The highest BCUT2D eigenvalue weighted by molar-refractivity contribution is 6.24. The predicted octanol–water partition coefficient (Wildman–Crippen LogP) is 8.64. The third-order valence-corrected chi connectivity index (χ3v) is 7.68. The average molecular weight is 474 g/mol. The van der Waals surface area contributed by atoms with E-state index in [0.29, 0.717) is 0 Å². The van der Waals surface area contributed by atoms with E-state index in [4.69, 9.17) is 9.40 Å². The number of hydrogen-bond donors (Lipinski definition) is 0. The molecule has 4 aromatic heterocycles. The van der Waals surface area contributed by atoms with Crippen LogP contribution in [0.1, 0.15) is 0 Å². The Morgan fingerprint density at radius 3 is 2.11 bits per heavy atom. The van der Waals surface area contributed by atoms with Crippen LogP contribution in [0, 0.1) is 0 Å². The first kappa shape index (κ1) is 19.1. The number of fused-ring (bicyclic) bond motifs is 13. The van der Waals surface area contributed by atoms with Crippen LogP contribution < -0.4 is 0 Å². The second-order valence-corrected chi connectivity index (χ2v) is 9.63. The number of pyridine rings is 1. The van der Waals surface area contributed by atoms with Gasteiger partial charge in [-0.2, -0.15) is 0 Å². The van der Waals surface area contributed by atoms with Crippen LogP contribution in [0.2, 0.25) is 0 Å². The van der Waals surface area contributed by atoms with Crippen LogP contribution in [0.5, 0.6) is 0 Å². The summed E-state index contributed by atoms with van der Waals surface area (Å²) in [5.74, 6) is 0. The summed E-state index contributed by atoms with van der Waals surface area (Å²) in [6.07, 6.45) is 0. The van der Waals surface area contributed by atoms with Gasteiger partial charge in [0.05, 0.1) is 16.6 Å². The van der Waals surface area contributed by atoms with Crippen molar-refractivity contribution in [2.45, 2.75) is 0 Å². The van der Waals surface area contributed by atoms with Crippen LogP contribution in [0.3, 0.4) is 0 Å². The van der Waals surface area contributed by atoms with E-state index in [1.807, 2.05) is 12.1 Å². The summed E-state index contributed by atoms with van der Waals surface area (Å²) in [4.78, 5) is 5.12. The topological polar surface area (TPSA) is 35.4 Å². The highest BCUT2D eigenvalue weighted by Crippen LogP contribution is 2.40. The first-order chi connectivity index (χ1) is 18.4. The van der Waals surface area contributed by atoms with E-state index in [1.54, 1.807) is 0 Å². The molecule has 0 aliphatic rings. The van der Waals surface area contributed by atoms with Gasteiger partial charge in [0, 0.05) is 32.6 Å². The van der Waals surface area contributed by atoms with E-state index >= 15 is 0 Å². The van der Waals surface area contributed by atoms with Crippen molar-refractivity contribution in [2.75, 3.05) is 0 Å².